The van der Waals surface area contributed by atoms with Crippen molar-refractivity contribution in [3.63, 3.8) is 0 Å². The van der Waals surface area contributed by atoms with E-state index in [0.717, 1.165) is 24.0 Å². The first-order chi connectivity index (χ1) is 7.70. The minimum atomic E-state index is 0.280. The van der Waals surface area contributed by atoms with Crippen LogP contribution in [0.2, 0.25) is 0 Å². The predicted molar refractivity (Wildman–Crippen MR) is 63.5 cm³/mol. The second kappa shape index (κ2) is 4.66. The third-order valence-electron chi connectivity index (χ3n) is 2.98. The summed E-state index contributed by atoms with van der Waals surface area (Å²) in [4.78, 5) is 13.6. The largest absolute Gasteiger partial charge is 0.341 e. The molecule has 0 aromatic heterocycles. The molecular formula is C13H18N2O. The Morgan fingerprint density at radius 3 is 2.38 bits per heavy atom. The number of carbonyl (C=O) groups excluding carboxylic acids is 1. The molecule has 0 spiro atoms. The van der Waals surface area contributed by atoms with Crippen molar-refractivity contribution in [2.24, 2.45) is 11.7 Å². The van der Waals surface area contributed by atoms with Crippen LogP contribution in [0.25, 0.3) is 0 Å². The minimum Gasteiger partial charge on any atom is -0.341 e. The molecule has 0 saturated heterocycles. The number of nitrogens with zero attached hydrogens (tertiary/aromatic N) is 1. The molecule has 1 aromatic carbocycles. The molecule has 2 rings (SSSR count). The summed E-state index contributed by atoms with van der Waals surface area (Å²) in [5.74, 6) is 0.580. The zero-order valence-corrected chi connectivity index (χ0v) is 9.65. The second-order valence-electron chi connectivity index (χ2n) is 4.49. The van der Waals surface area contributed by atoms with Gasteiger partial charge >= 0.3 is 0 Å². The van der Waals surface area contributed by atoms with Crippen LogP contribution in [0.15, 0.2) is 24.3 Å². The van der Waals surface area contributed by atoms with Gasteiger partial charge in [-0.15, -0.1) is 0 Å². The third kappa shape index (κ3) is 2.61. The first-order valence-electron chi connectivity index (χ1n) is 5.73. The Labute approximate surface area is 96.2 Å². The monoisotopic (exact) mass is 218 g/mol. The fourth-order valence-corrected chi connectivity index (χ4v) is 1.77. The van der Waals surface area contributed by atoms with Gasteiger partial charge in [0.1, 0.15) is 0 Å². The normalized spacial score (nSPS) is 14.9. The molecule has 0 bridgehead atoms. The van der Waals surface area contributed by atoms with E-state index in [9.17, 15) is 4.79 Å². The molecule has 0 aliphatic heterocycles. The van der Waals surface area contributed by atoms with Gasteiger partial charge in [0.05, 0.1) is 0 Å². The Morgan fingerprint density at radius 1 is 1.31 bits per heavy atom. The van der Waals surface area contributed by atoms with Gasteiger partial charge in [0, 0.05) is 26.1 Å². The van der Waals surface area contributed by atoms with Crippen molar-refractivity contribution in [1.82, 2.24) is 4.90 Å². The van der Waals surface area contributed by atoms with Crippen LogP contribution < -0.4 is 5.73 Å². The quantitative estimate of drug-likeness (QED) is 0.832. The van der Waals surface area contributed by atoms with Gasteiger partial charge in [-0.2, -0.15) is 0 Å². The van der Waals surface area contributed by atoms with Crippen molar-refractivity contribution >= 4 is 5.91 Å². The summed E-state index contributed by atoms with van der Waals surface area (Å²) < 4.78 is 0. The van der Waals surface area contributed by atoms with Gasteiger partial charge < -0.3 is 10.6 Å². The van der Waals surface area contributed by atoms with Gasteiger partial charge in [0.2, 0.25) is 5.91 Å². The van der Waals surface area contributed by atoms with Gasteiger partial charge in [0.15, 0.2) is 0 Å². The van der Waals surface area contributed by atoms with Crippen LogP contribution in [0.1, 0.15) is 24.0 Å². The van der Waals surface area contributed by atoms with Crippen molar-refractivity contribution in [2.45, 2.75) is 25.9 Å². The topological polar surface area (TPSA) is 46.3 Å². The molecule has 1 aliphatic carbocycles. The molecule has 3 nitrogen and oxygen atoms in total. The zero-order chi connectivity index (χ0) is 11.5. The Balaban J connectivity index is 1.94. The van der Waals surface area contributed by atoms with Crippen LogP contribution in [-0.2, 0) is 17.9 Å². The fraction of sp³-hybridized carbons (Fsp3) is 0.462. The number of rotatable bonds is 4. The van der Waals surface area contributed by atoms with Gasteiger partial charge in [-0.05, 0) is 24.0 Å². The van der Waals surface area contributed by atoms with Crippen molar-refractivity contribution < 1.29 is 4.79 Å². The van der Waals surface area contributed by atoms with Crippen LogP contribution in [0.3, 0.4) is 0 Å². The Kier molecular flexibility index (Phi) is 3.25. The maximum Gasteiger partial charge on any atom is 0.225 e. The molecule has 86 valence electrons. The average molecular weight is 218 g/mol. The van der Waals surface area contributed by atoms with Crippen molar-refractivity contribution in [3.8, 4) is 0 Å². The third-order valence-corrected chi connectivity index (χ3v) is 2.98. The zero-order valence-electron chi connectivity index (χ0n) is 9.65. The van der Waals surface area contributed by atoms with Crippen LogP contribution in [0.4, 0.5) is 0 Å². The number of carbonyl (C=O) groups is 1. The van der Waals surface area contributed by atoms with E-state index in [-0.39, 0.29) is 5.91 Å². The Hall–Kier alpha value is -1.35. The molecule has 1 aromatic rings. The molecule has 0 atom stereocenters. The average Bonchev–Trinajstić information content (AvgIpc) is 3.13. The number of benzene rings is 1. The van der Waals surface area contributed by atoms with E-state index in [1.165, 1.54) is 0 Å². The number of hydrogen-bond acceptors (Lipinski definition) is 2. The van der Waals surface area contributed by atoms with Crippen molar-refractivity contribution in [3.05, 3.63) is 35.4 Å². The van der Waals surface area contributed by atoms with Crippen LogP contribution in [0, 0.1) is 5.92 Å². The van der Waals surface area contributed by atoms with Crippen LogP contribution >= 0.6 is 0 Å². The minimum absolute atomic E-state index is 0.280. The lowest BCUT2D eigenvalue weighted by molar-refractivity contribution is -0.131. The Morgan fingerprint density at radius 2 is 1.88 bits per heavy atom. The molecule has 1 aliphatic rings. The molecule has 16 heavy (non-hydrogen) atoms. The van der Waals surface area contributed by atoms with Crippen LogP contribution in [0.5, 0.6) is 0 Å². The summed E-state index contributed by atoms with van der Waals surface area (Å²) in [7, 11) is 1.87. The molecule has 1 fully saturated rings. The first-order valence-corrected chi connectivity index (χ1v) is 5.73. The van der Waals surface area contributed by atoms with Crippen LogP contribution in [-0.4, -0.2) is 17.9 Å². The summed E-state index contributed by atoms with van der Waals surface area (Å²) >= 11 is 0. The Bertz CT molecular complexity index is 368. The van der Waals surface area contributed by atoms with E-state index in [2.05, 4.69) is 0 Å². The van der Waals surface area contributed by atoms with Gasteiger partial charge in [-0.3, -0.25) is 4.79 Å². The maximum absolute atomic E-state index is 11.7. The predicted octanol–water partition coefficient (Wildman–Crippen LogP) is 1.51. The first kappa shape index (κ1) is 11.1. The SMILES string of the molecule is CN(Cc1ccc(CN)cc1)C(=O)C1CC1. The molecule has 0 radical (unpaired) electrons. The summed E-state index contributed by atoms with van der Waals surface area (Å²) in [6.07, 6.45) is 2.13. The number of hydrogen-bond donors (Lipinski definition) is 1. The van der Waals surface area contributed by atoms with Gasteiger partial charge in [-0.25, -0.2) is 0 Å². The highest BCUT2D eigenvalue weighted by atomic mass is 16.2. The second-order valence-corrected chi connectivity index (χ2v) is 4.49. The maximum atomic E-state index is 11.7. The lowest BCUT2D eigenvalue weighted by atomic mass is 10.1. The van der Waals surface area contributed by atoms with E-state index >= 15 is 0 Å². The summed E-state index contributed by atoms with van der Waals surface area (Å²) in [6, 6.07) is 8.12. The highest BCUT2D eigenvalue weighted by Gasteiger charge is 2.31. The molecule has 0 unspecified atom stereocenters. The summed E-state index contributed by atoms with van der Waals surface area (Å²) in [6.45, 7) is 1.26. The van der Waals surface area contributed by atoms with E-state index < -0.39 is 0 Å². The lowest BCUT2D eigenvalue weighted by Gasteiger charge is -2.17. The molecule has 1 saturated carbocycles. The highest BCUT2D eigenvalue weighted by Crippen LogP contribution is 2.30. The van der Waals surface area contributed by atoms with Crippen molar-refractivity contribution in [2.75, 3.05) is 7.05 Å². The van der Waals surface area contributed by atoms with Crippen molar-refractivity contribution in [1.29, 1.82) is 0 Å². The molecule has 3 heteroatoms. The lowest BCUT2D eigenvalue weighted by Crippen LogP contribution is -2.27. The fourth-order valence-electron chi connectivity index (χ4n) is 1.77. The molecule has 0 heterocycles. The van der Waals surface area contributed by atoms with E-state index in [1.54, 1.807) is 0 Å². The van der Waals surface area contributed by atoms with E-state index in [1.807, 2.05) is 36.2 Å². The highest BCUT2D eigenvalue weighted by molar-refractivity contribution is 5.80. The number of amides is 1. The summed E-state index contributed by atoms with van der Waals surface area (Å²) in [5.41, 5.74) is 7.82. The smallest absolute Gasteiger partial charge is 0.225 e. The molecule has 1 amide bonds. The van der Waals surface area contributed by atoms with Gasteiger partial charge in [-0.1, -0.05) is 24.3 Å². The van der Waals surface area contributed by atoms with E-state index in [4.69, 9.17) is 5.73 Å². The molecular weight excluding hydrogens is 200 g/mol. The standard InChI is InChI=1S/C13H18N2O/c1-15(13(16)12-6-7-12)9-11-4-2-10(8-14)3-5-11/h2-5,12H,6-9,14H2,1H3. The van der Waals surface area contributed by atoms with Gasteiger partial charge in [0.25, 0.3) is 0 Å². The van der Waals surface area contributed by atoms with E-state index in [0.29, 0.717) is 19.0 Å². The molecule has 2 N–H and O–H groups in total. The summed E-state index contributed by atoms with van der Waals surface area (Å²) in [5, 5.41) is 0. The number of nitrogens with two attached hydrogens (primary N) is 1.